The Morgan fingerprint density at radius 3 is 2.86 bits per heavy atom. The lowest BCUT2D eigenvalue weighted by Crippen LogP contribution is -2.33. The van der Waals surface area contributed by atoms with E-state index in [4.69, 9.17) is 9.84 Å². The molecule has 1 fully saturated rings. The topological polar surface area (TPSA) is 75.6 Å². The predicted molar refractivity (Wildman–Crippen MR) is 78.2 cm³/mol. The SMILES string of the molecule is COc1cccc(CCC(=O)N[C@@H]2CC[C@H](C(=O)O)C2)c1. The van der Waals surface area contributed by atoms with Gasteiger partial charge in [0.15, 0.2) is 0 Å². The van der Waals surface area contributed by atoms with Gasteiger partial charge in [0.1, 0.15) is 5.75 Å². The first-order valence-corrected chi connectivity index (χ1v) is 7.23. The van der Waals surface area contributed by atoms with E-state index in [2.05, 4.69) is 5.32 Å². The van der Waals surface area contributed by atoms with Crippen LogP contribution in [0.15, 0.2) is 24.3 Å². The minimum atomic E-state index is -0.761. The average Bonchev–Trinajstić information content (AvgIpc) is 2.94. The minimum absolute atomic E-state index is 0.00362. The van der Waals surface area contributed by atoms with Gasteiger partial charge in [-0.05, 0) is 43.4 Å². The van der Waals surface area contributed by atoms with Crippen LogP contribution in [0.2, 0.25) is 0 Å². The molecule has 1 amide bonds. The van der Waals surface area contributed by atoms with E-state index in [0.29, 0.717) is 25.7 Å². The summed E-state index contributed by atoms with van der Waals surface area (Å²) in [5, 5.41) is 11.9. The van der Waals surface area contributed by atoms with Crippen molar-refractivity contribution in [1.29, 1.82) is 0 Å². The van der Waals surface area contributed by atoms with E-state index < -0.39 is 5.97 Å². The van der Waals surface area contributed by atoms with Crippen molar-refractivity contribution in [3.63, 3.8) is 0 Å². The van der Waals surface area contributed by atoms with Crippen LogP contribution in [0.1, 0.15) is 31.2 Å². The molecule has 0 aliphatic heterocycles. The van der Waals surface area contributed by atoms with Crippen LogP contribution < -0.4 is 10.1 Å². The van der Waals surface area contributed by atoms with Gasteiger partial charge in [0.2, 0.25) is 5.91 Å². The van der Waals surface area contributed by atoms with Crippen molar-refractivity contribution in [2.45, 2.75) is 38.1 Å². The first kappa shape index (κ1) is 15.4. The fourth-order valence-electron chi connectivity index (χ4n) is 2.72. The molecule has 0 saturated heterocycles. The van der Waals surface area contributed by atoms with E-state index in [-0.39, 0.29) is 17.9 Å². The largest absolute Gasteiger partial charge is 0.497 e. The number of ether oxygens (including phenoxy) is 1. The number of rotatable bonds is 6. The second-order valence-electron chi connectivity index (χ2n) is 5.46. The third-order valence-electron chi connectivity index (χ3n) is 3.92. The molecule has 5 heteroatoms. The van der Waals surface area contributed by atoms with Gasteiger partial charge in [-0.3, -0.25) is 9.59 Å². The van der Waals surface area contributed by atoms with Crippen molar-refractivity contribution in [3.8, 4) is 5.75 Å². The molecule has 2 atom stereocenters. The quantitative estimate of drug-likeness (QED) is 0.840. The first-order chi connectivity index (χ1) is 10.1. The van der Waals surface area contributed by atoms with Gasteiger partial charge in [-0.1, -0.05) is 12.1 Å². The lowest BCUT2D eigenvalue weighted by molar-refractivity contribution is -0.141. The first-order valence-electron chi connectivity index (χ1n) is 7.23. The molecule has 114 valence electrons. The standard InChI is InChI=1S/C16H21NO4/c1-21-14-4-2-3-11(9-14)5-8-15(18)17-13-7-6-12(10-13)16(19)20/h2-4,9,12-13H,5-8,10H2,1H3,(H,17,18)(H,19,20)/t12-,13+/m0/s1. The lowest BCUT2D eigenvalue weighted by Gasteiger charge is -2.12. The number of carboxylic acid groups (broad SMARTS) is 1. The maximum Gasteiger partial charge on any atom is 0.306 e. The Hall–Kier alpha value is -2.04. The lowest BCUT2D eigenvalue weighted by atomic mass is 10.1. The van der Waals surface area contributed by atoms with Gasteiger partial charge >= 0.3 is 5.97 Å². The number of carboxylic acids is 1. The Bertz CT molecular complexity index is 515. The van der Waals surface area contributed by atoms with Crippen LogP contribution in [0.4, 0.5) is 0 Å². The monoisotopic (exact) mass is 291 g/mol. The molecule has 0 unspecified atom stereocenters. The number of hydrogen-bond donors (Lipinski definition) is 2. The van der Waals surface area contributed by atoms with E-state index in [0.717, 1.165) is 17.7 Å². The summed E-state index contributed by atoms with van der Waals surface area (Å²) in [6, 6.07) is 7.66. The van der Waals surface area contributed by atoms with Crippen LogP contribution in [0.5, 0.6) is 5.75 Å². The summed E-state index contributed by atoms with van der Waals surface area (Å²) in [5.74, 6) is -0.307. The van der Waals surface area contributed by atoms with Crippen LogP contribution in [0, 0.1) is 5.92 Å². The molecular formula is C16H21NO4. The predicted octanol–water partition coefficient (Wildman–Crippen LogP) is 2.00. The van der Waals surface area contributed by atoms with Gasteiger partial charge in [0, 0.05) is 12.5 Å². The van der Waals surface area contributed by atoms with E-state index in [1.54, 1.807) is 7.11 Å². The molecule has 21 heavy (non-hydrogen) atoms. The second kappa shape index (κ2) is 7.11. The number of benzene rings is 1. The van der Waals surface area contributed by atoms with Gasteiger partial charge in [-0.25, -0.2) is 0 Å². The molecule has 1 aromatic carbocycles. The maximum atomic E-state index is 11.9. The summed E-state index contributed by atoms with van der Waals surface area (Å²) in [6.45, 7) is 0. The smallest absolute Gasteiger partial charge is 0.306 e. The summed E-state index contributed by atoms with van der Waals surface area (Å²) >= 11 is 0. The molecule has 1 aromatic rings. The maximum absolute atomic E-state index is 11.9. The molecule has 2 rings (SSSR count). The molecule has 0 radical (unpaired) electrons. The van der Waals surface area contributed by atoms with Crippen molar-refractivity contribution < 1.29 is 19.4 Å². The molecule has 0 heterocycles. The number of aryl methyl sites for hydroxylation is 1. The van der Waals surface area contributed by atoms with E-state index in [1.165, 1.54) is 0 Å². The highest BCUT2D eigenvalue weighted by atomic mass is 16.5. The highest BCUT2D eigenvalue weighted by molar-refractivity contribution is 5.77. The van der Waals surface area contributed by atoms with Crippen LogP contribution in [-0.2, 0) is 16.0 Å². The van der Waals surface area contributed by atoms with Gasteiger partial charge < -0.3 is 15.2 Å². The number of methoxy groups -OCH3 is 1. The third kappa shape index (κ3) is 4.48. The van der Waals surface area contributed by atoms with Crippen molar-refractivity contribution >= 4 is 11.9 Å². The normalized spacial score (nSPS) is 21.0. The fourth-order valence-corrected chi connectivity index (χ4v) is 2.72. The minimum Gasteiger partial charge on any atom is -0.497 e. The highest BCUT2D eigenvalue weighted by Gasteiger charge is 2.30. The van der Waals surface area contributed by atoms with Gasteiger partial charge in [0.25, 0.3) is 0 Å². The van der Waals surface area contributed by atoms with Crippen molar-refractivity contribution in [1.82, 2.24) is 5.32 Å². The Kier molecular flexibility index (Phi) is 5.20. The molecule has 1 saturated carbocycles. The summed E-state index contributed by atoms with van der Waals surface area (Å²) in [5.41, 5.74) is 1.05. The number of hydrogen-bond acceptors (Lipinski definition) is 3. The summed E-state index contributed by atoms with van der Waals surface area (Å²) in [7, 11) is 1.62. The van der Waals surface area contributed by atoms with E-state index >= 15 is 0 Å². The van der Waals surface area contributed by atoms with E-state index in [9.17, 15) is 9.59 Å². The molecular weight excluding hydrogens is 270 g/mol. The van der Waals surface area contributed by atoms with Crippen LogP contribution >= 0.6 is 0 Å². The number of aliphatic carboxylic acids is 1. The zero-order valence-corrected chi connectivity index (χ0v) is 12.2. The number of amides is 1. The zero-order valence-electron chi connectivity index (χ0n) is 12.2. The molecule has 1 aliphatic carbocycles. The highest BCUT2D eigenvalue weighted by Crippen LogP contribution is 2.25. The van der Waals surface area contributed by atoms with Crippen LogP contribution in [0.3, 0.4) is 0 Å². The number of carbonyl (C=O) groups is 2. The third-order valence-corrected chi connectivity index (χ3v) is 3.92. The molecule has 2 N–H and O–H groups in total. The van der Waals surface area contributed by atoms with Gasteiger partial charge in [-0.2, -0.15) is 0 Å². The Balaban J connectivity index is 1.76. The van der Waals surface area contributed by atoms with Crippen molar-refractivity contribution in [2.75, 3.05) is 7.11 Å². The van der Waals surface area contributed by atoms with E-state index in [1.807, 2.05) is 24.3 Å². The van der Waals surface area contributed by atoms with Gasteiger partial charge in [0.05, 0.1) is 13.0 Å². The molecule has 1 aliphatic rings. The average molecular weight is 291 g/mol. The number of nitrogens with one attached hydrogen (secondary N) is 1. The van der Waals surface area contributed by atoms with Gasteiger partial charge in [-0.15, -0.1) is 0 Å². The van der Waals surface area contributed by atoms with Crippen molar-refractivity contribution in [3.05, 3.63) is 29.8 Å². The summed E-state index contributed by atoms with van der Waals surface area (Å²) in [6.07, 6.45) is 3.00. The Morgan fingerprint density at radius 2 is 2.19 bits per heavy atom. The molecule has 0 aromatic heterocycles. The molecule has 0 spiro atoms. The number of carbonyl (C=O) groups excluding carboxylic acids is 1. The van der Waals surface area contributed by atoms with Crippen LogP contribution in [0.25, 0.3) is 0 Å². The molecule has 0 bridgehead atoms. The summed E-state index contributed by atoms with van der Waals surface area (Å²) in [4.78, 5) is 22.8. The summed E-state index contributed by atoms with van der Waals surface area (Å²) < 4.78 is 5.15. The Morgan fingerprint density at radius 1 is 1.38 bits per heavy atom. The zero-order chi connectivity index (χ0) is 15.2. The Labute approximate surface area is 124 Å². The fraction of sp³-hybridized carbons (Fsp3) is 0.500. The van der Waals surface area contributed by atoms with Crippen molar-refractivity contribution in [2.24, 2.45) is 5.92 Å². The van der Waals surface area contributed by atoms with Crippen LogP contribution in [-0.4, -0.2) is 30.1 Å². The molecule has 5 nitrogen and oxygen atoms in total. The second-order valence-corrected chi connectivity index (χ2v) is 5.46.